The summed E-state index contributed by atoms with van der Waals surface area (Å²) in [7, 11) is -5.70. The second-order valence-corrected chi connectivity index (χ2v) is 18.6. The van der Waals surface area contributed by atoms with Crippen molar-refractivity contribution in [3.05, 3.63) is 136 Å². The van der Waals surface area contributed by atoms with Crippen LogP contribution in [0.4, 0.5) is 0 Å². The molecule has 0 aromatic heterocycles. The van der Waals surface area contributed by atoms with Crippen LogP contribution in [0.2, 0.25) is 0 Å². The first-order valence-electron chi connectivity index (χ1n) is 17.9. The molecule has 0 aliphatic heterocycles. The van der Waals surface area contributed by atoms with Gasteiger partial charge in [0.25, 0.3) is 0 Å². The third kappa shape index (κ3) is 10.1. The minimum atomic E-state index is -2.85. The molecule has 0 aliphatic carbocycles. The third-order valence-corrected chi connectivity index (χ3v) is 11.2. The van der Waals surface area contributed by atoms with E-state index in [1.165, 1.54) is 0 Å². The highest BCUT2D eigenvalue weighted by Gasteiger charge is 2.47. The summed E-state index contributed by atoms with van der Waals surface area (Å²) in [6, 6.07) is 32.7. The van der Waals surface area contributed by atoms with E-state index in [4.69, 9.17) is 13.8 Å². The monoisotopic (exact) mass is 764 g/mol. The molecule has 8 nitrogen and oxygen atoms in total. The standard InChI is InChI=1S/C43H58O8P2/c1-39(2,3)32-21-23-34(35(25-32)41(7,8)30-17-13-11-14-18-30)38(43(27-44,28-49-52(45)46)29-50-53(47)48)51-37-24-22-33(40(4,5)6)26-36(37)42(9,10)31-19-15-12-16-20-31/h11-26,38,44-48H,27-29H2,1-10H3. The molecule has 0 bridgehead atoms. The van der Waals surface area contributed by atoms with E-state index < -0.39 is 59.4 Å². The van der Waals surface area contributed by atoms with Crippen LogP contribution in [-0.2, 0) is 30.7 Å². The fourth-order valence-corrected chi connectivity index (χ4v) is 7.53. The van der Waals surface area contributed by atoms with Gasteiger partial charge in [-0.05, 0) is 50.3 Å². The molecule has 4 aromatic rings. The van der Waals surface area contributed by atoms with Gasteiger partial charge in [-0.3, -0.25) is 0 Å². The Labute approximate surface area is 318 Å². The van der Waals surface area contributed by atoms with E-state index in [1.54, 1.807) is 0 Å². The minimum Gasteiger partial charge on any atom is -0.485 e. The van der Waals surface area contributed by atoms with Crippen LogP contribution in [0, 0.1) is 5.41 Å². The smallest absolute Gasteiger partial charge is 0.327 e. The topological polar surface area (TPSA) is 129 Å². The molecule has 1 atom stereocenters. The van der Waals surface area contributed by atoms with Crippen LogP contribution in [0.5, 0.6) is 5.75 Å². The molecule has 4 rings (SSSR count). The molecule has 0 aliphatic rings. The Bertz CT molecular complexity index is 1770. The highest BCUT2D eigenvalue weighted by atomic mass is 31.2. The van der Waals surface area contributed by atoms with E-state index in [-0.39, 0.29) is 10.8 Å². The molecule has 0 saturated heterocycles. The molecule has 0 radical (unpaired) electrons. The average molecular weight is 765 g/mol. The van der Waals surface area contributed by atoms with Crippen LogP contribution in [0.1, 0.15) is 114 Å². The zero-order valence-corrected chi connectivity index (χ0v) is 34.6. The van der Waals surface area contributed by atoms with Gasteiger partial charge >= 0.3 is 17.2 Å². The average Bonchev–Trinajstić information content (AvgIpc) is 3.10. The quantitative estimate of drug-likeness (QED) is 0.0758. The summed E-state index contributed by atoms with van der Waals surface area (Å²) >= 11 is 0. The van der Waals surface area contributed by atoms with E-state index in [9.17, 15) is 24.7 Å². The molecule has 0 amide bonds. The van der Waals surface area contributed by atoms with Crippen LogP contribution in [-0.4, -0.2) is 44.5 Å². The normalized spacial score (nSPS) is 13.8. The number of hydrogen-bond donors (Lipinski definition) is 5. The van der Waals surface area contributed by atoms with Gasteiger partial charge in [-0.1, -0.05) is 160 Å². The Morgan fingerprint density at radius 1 is 0.528 bits per heavy atom. The first kappa shape index (κ1) is 43.0. The maximum atomic E-state index is 11.4. The van der Waals surface area contributed by atoms with E-state index in [0.29, 0.717) is 11.3 Å². The summed E-state index contributed by atoms with van der Waals surface area (Å²) in [5.41, 5.74) is 3.77. The van der Waals surface area contributed by atoms with Crippen molar-refractivity contribution in [3.63, 3.8) is 0 Å². The Morgan fingerprint density at radius 2 is 0.943 bits per heavy atom. The van der Waals surface area contributed by atoms with Gasteiger partial charge in [0.15, 0.2) is 0 Å². The van der Waals surface area contributed by atoms with Crippen molar-refractivity contribution >= 4 is 17.2 Å². The fraction of sp³-hybridized carbons (Fsp3) is 0.442. The maximum Gasteiger partial charge on any atom is 0.327 e. The lowest BCUT2D eigenvalue weighted by Gasteiger charge is -2.42. The van der Waals surface area contributed by atoms with Crippen molar-refractivity contribution in [2.24, 2.45) is 5.41 Å². The van der Waals surface area contributed by atoms with Gasteiger partial charge in [-0.15, -0.1) is 0 Å². The lowest BCUT2D eigenvalue weighted by molar-refractivity contribution is -0.0663. The van der Waals surface area contributed by atoms with Crippen molar-refractivity contribution in [3.8, 4) is 5.75 Å². The minimum absolute atomic E-state index is 0.176. The molecular weight excluding hydrogens is 706 g/mol. The zero-order valence-electron chi connectivity index (χ0n) is 32.8. The number of ether oxygens (including phenoxy) is 1. The van der Waals surface area contributed by atoms with E-state index in [0.717, 1.165) is 33.4 Å². The highest BCUT2D eigenvalue weighted by molar-refractivity contribution is 7.39. The van der Waals surface area contributed by atoms with Gasteiger partial charge in [0.2, 0.25) is 0 Å². The molecule has 4 aromatic carbocycles. The van der Waals surface area contributed by atoms with Crippen LogP contribution in [0.15, 0.2) is 97.1 Å². The van der Waals surface area contributed by atoms with Crippen molar-refractivity contribution < 1.29 is 38.5 Å². The number of aliphatic hydroxyl groups is 1. The molecule has 288 valence electrons. The third-order valence-electron chi connectivity index (χ3n) is 10.4. The van der Waals surface area contributed by atoms with Gasteiger partial charge in [0.1, 0.15) is 11.9 Å². The van der Waals surface area contributed by atoms with Gasteiger partial charge in [0.05, 0.1) is 25.2 Å². The molecule has 0 saturated carbocycles. The predicted molar refractivity (Wildman–Crippen MR) is 215 cm³/mol. The van der Waals surface area contributed by atoms with Crippen molar-refractivity contribution in [1.29, 1.82) is 0 Å². The lowest BCUT2D eigenvalue weighted by atomic mass is 9.69. The van der Waals surface area contributed by atoms with Gasteiger partial charge in [-0.2, -0.15) is 0 Å². The number of aliphatic hydroxyl groups excluding tert-OH is 1. The Morgan fingerprint density at radius 3 is 1.36 bits per heavy atom. The summed E-state index contributed by atoms with van der Waals surface area (Å²) in [5.74, 6) is 0.545. The molecule has 0 fully saturated rings. The SMILES string of the molecule is CC(C)(C)c1ccc(OC(c2ccc(C(C)(C)C)cc2C(C)(C)c2ccccc2)C(CO)(COP(O)O)COP(O)O)c(C(C)(C)c2ccccc2)c1. The summed E-state index contributed by atoms with van der Waals surface area (Å²) in [6.07, 6.45) is -1.06. The van der Waals surface area contributed by atoms with E-state index in [1.807, 2.05) is 60.7 Å². The molecule has 0 spiro atoms. The Hall–Kier alpha value is -2.74. The Balaban J connectivity index is 2.12. The van der Waals surface area contributed by atoms with Crippen molar-refractivity contribution in [1.82, 2.24) is 0 Å². The summed E-state index contributed by atoms with van der Waals surface area (Å²) < 4.78 is 18.3. The highest BCUT2D eigenvalue weighted by Crippen LogP contribution is 2.50. The second-order valence-electron chi connectivity index (χ2n) is 17.1. The van der Waals surface area contributed by atoms with Gasteiger partial charge in [0, 0.05) is 16.4 Å². The summed E-state index contributed by atoms with van der Waals surface area (Å²) in [4.78, 5) is 40.1. The molecule has 10 heteroatoms. The first-order valence-corrected chi connectivity index (χ1v) is 20.3. The van der Waals surface area contributed by atoms with Crippen LogP contribution >= 0.6 is 17.2 Å². The van der Waals surface area contributed by atoms with E-state index >= 15 is 0 Å². The summed E-state index contributed by atoms with van der Waals surface area (Å²) in [6.45, 7) is 20.0. The first-order chi connectivity index (χ1) is 24.6. The van der Waals surface area contributed by atoms with Crippen molar-refractivity contribution in [2.45, 2.75) is 97.0 Å². The molecule has 0 heterocycles. The molecule has 1 unspecified atom stereocenters. The molecule has 5 N–H and O–H groups in total. The van der Waals surface area contributed by atoms with Gasteiger partial charge in [-0.25, -0.2) is 0 Å². The second kappa shape index (κ2) is 17.0. The van der Waals surface area contributed by atoms with Gasteiger partial charge < -0.3 is 38.5 Å². The Kier molecular flexibility index (Phi) is 13.8. The zero-order chi connectivity index (χ0) is 39.4. The number of rotatable bonds is 15. The predicted octanol–water partition coefficient (Wildman–Crippen LogP) is 9.49. The van der Waals surface area contributed by atoms with E-state index in [2.05, 4.69) is 106 Å². The molecular formula is C43H58O8P2. The lowest BCUT2D eigenvalue weighted by Crippen LogP contribution is -2.45. The maximum absolute atomic E-state index is 11.4. The summed E-state index contributed by atoms with van der Waals surface area (Å²) in [5, 5.41) is 11.4. The largest absolute Gasteiger partial charge is 0.485 e. The van der Waals surface area contributed by atoms with Crippen LogP contribution < -0.4 is 4.74 Å². The molecule has 53 heavy (non-hydrogen) atoms. The van der Waals surface area contributed by atoms with Crippen LogP contribution in [0.3, 0.4) is 0 Å². The fourth-order valence-electron chi connectivity index (χ4n) is 6.79. The number of hydrogen-bond acceptors (Lipinski definition) is 8. The van der Waals surface area contributed by atoms with Crippen molar-refractivity contribution in [2.75, 3.05) is 19.8 Å². The van der Waals surface area contributed by atoms with Crippen LogP contribution in [0.25, 0.3) is 0 Å². The number of benzene rings is 4.